The molecular weight excluding hydrogens is 455 g/mol. The van der Waals surface area contributed by atoms with E-state index in [9.17, 15) is 9.59 Å². The van der Waals surface area contributed by atoms with Crippen molar-refractivity contribution in [1.82, 2.24) is 5.32 Å². The lowest BCUT2D eigenvalue weighted by atomic mass is 10.1. The van der Waals surface area contributed by atoms with Gasteiger partial charge in [-0.05, 0) is 34.2 Å². The second kappa shape index (κ2) is 10.8. The van der Waals surface area contributed by atoms with Crippen LogP contribution < -0.4 is 5.32 Å². The van der Waals surface area contributed by atoms with Crippen molar-refractivity contribution in [3.05, 3.63) is 20.6 Å². The van der Waals surface area contributed by atoms with Crippen LogP contribution in [0.4, 0.5) is 0 Å². The fraction of sp³-hybridized carbons (Fsp3) is 0.733. The van der Waals surface area contributed by atoms with Crippen LogP contribution >= 0.6 is 22.6 Å². The maximum atomic E-state index is 12.0. The summed E-state index contributed by atoms with van der Waals surface area (Å²) in [5.41, 5.74) is 8.80. The third kappa shape index (κ3) is 8.21. The number of nitrogens with one attached hydrogen (secondary N) is 1. The Labute approximate surface area is 163 Å². The SMILES string of the molecule is COC(=O)[C@@H](N=[N+]=[N-])[C@H](CCNC(=O)/C=C/I)O[Si](C)(C)C(C)(C)C. The lowest BCUT2D eigenvalue weighted by Crippen LogP contribution is -2.49. The van der Waals surface area contributed by atoms with Gasteiger partial charge in [0.15, 0.2) is 14.4 Å². The van der Waals surface area contributed by atoms with Crippen molar-refractivity contribution in [2.24, 2.45) is 5.11 Å². The first kappa shape index (κ1) is 23.9. The molecule has 1 N–H and O–H groups in total. The maximum Gasteiger partial charge on any atom is 0.317 e. The maximum absolute atomic E-state index is 12.0. The highest BCUT2D eigenvalue weighted by Gasteiger charge is 2.42. The number of carbonyl (C=O) groups excluding carboxylic acids is 2. The van der Waals surface area contributed by atoms with Crippen molar-refractivity contribution in [1.29, 1.82) is 0 Å². The van der Waals surface area contributed by atoms with E-state index in [0.717, 1.165) is 0 Å². The van der Waals surface area contributed by atoms with E-state index in [0.29, 0.717) is 6.42 Å². The van der Waals surface area contributed by atoms with Crippen LogP contribution in [-0.2, 0) is 18.8 Å². The van der Waals surface area contributed by atoms with Gasteiger partial charge in [-0.2, -0.15) is 0 Å². The van der Waals surface area contributed by atoms with E-state index in [1.54, 1.807) is 4.08 Å². The number of hydrogen-bond acceptors (Lipinski definition) is 5. The molecule has 0 fully saturated rings. The molecule has 0 radical (unpaired) electrons. The lowest BCUT2D eigenvalue weighted by Gasteiger charge is -2.40. The molecule has 0 saturated heterocycles. The third-order valence-electron chi connectivity index (χ3n) is 4.17. The third-order valence-corrected chi connectivity index (χ3v) is 9.03. The summed E-state index contributed by atoms with van der Waals surface area (Å²) in [6.07, 6.45) is 1.05. The Morgan fingerprint density at radius 3 is 2.44 bits per heavy atom. The van der Waals surface area contributed by atoms with E-state index < -0.39 is 26.4 Å². The van der Waals surface area contributed by atoms with Crippen LogP contribution in [0.15, 0.2) is 15.3 Å². The molecule has 0 rings (SSSR count). The van der Waals surface area contributed by atoms with Crippen molar-refractivity contribution in [3.63, 3.8) is 0 Å². The normalized spacial score (nSPS) is 14.5. The summed E-state index contributed by atoms with van der Waals surface area (Å²) in [6.45, 7) is 10.6. The van der Waals surface area contributed by atoms with Gasteiger partial charge < -0.3 is 14.5 Å². The van der Waals surface area contributed by atoms with Crippen LogP contribution in [0.2, 0.25) is 18.1 Å². The Hall–Kier alpha value is -1.10. The molecule has 0 aromatic carbocycles. The predicted molar refractivity (Wildman–Crippen MR) is 108 cm³/mol. The van der Waals surface area contributed by atoms with Crippen molar-refractivity contribution in [3.8, 4) is 0 Å². The van der Waals surface area contributed by atoms with Crippen LogP contribution in [0.25, 0.3) is 10.4 Å². The number of nitrogens with zero attached hydrogens (tertiary/aromatic N) is 3. The standard InChI is InChI=1S/C15H27IN4O4Si/c1-15(2,3)25(5,6)24-11(8-10-18-12(21)7-9-16)13(19-20-17)14(22)23-4/h7,9,11,13H,8,10H2,1-6H3,(H,18,21)/b9-7+/t11-,13-/m0/s1. The summed E-state index contributed by atoms with van der Waals surface area (Å²) in [7, 11) is -0.995. The molecule has 0 unspecified atom stereocenters. The number of esters is 1. The Morgan fingerprint density at radius 2 is 2.00 bits per heavy atom. The number of rotatable bonds is 9. The van der Waals surface area contributed by atoms with E-state index in [2.05, 4.69) is 36.1 Å². The molecule has 0 aliphatic heterocycles. The molecule has 142 valence electrons. The van der Waals surface area contributed by atoms with Crippen molar-refractivity contribution >= 4 is 42.8 Å². The van der Waals surface area contributed by atoms with E-state index in [1.807, 2.05) is 35.7 Å². The van der Waals surface area contributed by atoms with Gasteiger partial charge in [-0.1, -0.05) is 48.5 Å². The Kier molecular flexibility index (Phi) is 10.3. The van der Waals surface area contributed by atoms with Crippen molar-refractivity contribution in [2.45, 2.75) is 57.5 Å². The number of methoxy groups -OCH3 is 1. The summed E-state index contributed by atoms with van der Waals surface area (Å²) in [4.78, 5) is 26.3. The zero-order chi connectivity index (χ0) is 19.7. The minimum atomic E-state index is -2.23. The minimum Gasteiger partial charge on any atom is -0.469 e. The molecule has 0 aliphatic carbocycles. The Bertz CT molecular complexity index is 542. The van der Waals surface area contributed by atoms with Gasteiger partial charge in [-0.25, -0.2) is 0 Å². The van der Waals surface area contributed by atoms with Crippen molar-refractivity contribution in [2.75, 3.05) is 13.7 Å². The molecule has 0 aromatic rings. The second-order valence-electron chi connectivity index (χ2n) is 6.96. The summed E-state index contributed by atoms with van der Waals surface area (Å²) in [5, 5.41) is 6.19. The topological polar surface area (TPSA) is 113 Å². The minimum absolute atomic E-state index is 0.0878. The van der Waals surface area contributed by atoms with Crippen LogP contribution in [0.3, 0.4) is 0 Å². The number of halogens is 1. The van der Waals surface area contributed by atoms with Crippen LogP contribution in [0.5, 0.6) is 0 Å². The van der Waals surface area contributed by atoms with E-state index in [1.165, 1.54) is 13.2 Å². The largest absolute Gasteiger partial charge is 0.469 e. The summed E-state index contributed by atoms with van der Waals surface area (Å²) in [6, 6.07) is -1.10. The molecule has 0 spiro atoms. The highest BCUT2D eigenvalue weighted by Crippen LogP contribution is 2.38. The zero-order valence-electron chi connectivity index (χ0n) is 15.6. The quantitative estimate of drug-likeness (QED) is 0.103. The van der Waals surface area contributed by atoms with Gasteiger partial charge in [0.25, 0.3) is 0 Å². The van der Waals surface area contributed by atoms with Gasteiger partial charge in [0, 0.05) is 17.5 Å². The first-order chi connectivity index (χ1) is 11.5. The molecule has 1 amide bonds. The number of hydrogen-bond donors (Lipinski definition) is 1. The fourth-order valence-corrected chi connectivity index (χ4v) is 3.42. The Morgan fingerprint density at radius 1 is 1.40 bits per heavy atom. The predicted octanol–water partition coefficient (Wildman–Crippen LogP) is 3.68. The van der Waals surface area contributed by atoms with Gasteiger partial charge in [0.05, 0.1) is 13.2 Å². The number of azide groups is 1. The second-order valence-corrected chi connectivity index (χ2v) is 12.4. The number of ether oxygens (including phenoxy) is 1. The zero-order valence-corrected chi connectivity index (χ0v) is 18.7. The number of carbonyl (C=O) groups is 2. The summed E-state index contributed by atoms with van der Waals surface area (Å²) in [5.74, 6) is -0.890. The van der Waals surface area contributed by atoms with Gasteiger partial charge in [0.1, 0.15) is 0 Å². The molecule has 25 heavy (non-hydrogen) atoms. The monoisotopic (exact) mass is 482 g/mol. The van der Waals surface area contributed by atoms with Crippen LogP contribution in [0, 0.1) is 0 Å². The van der Waals surface area contributed by atoms with E-state index >= 15 is 0 Å². The molecule has 0 heterocycles. The van der Waals surface area contributed by atoms with E-state index in [-0.39, 0.29) is 17.5 Å². The first-order valence-corrected chi connectivity index (χ1v) is 12.0. The smallest absolute Gasteiger partial charge is 0.317 e. The average Bonchev–Trinajstić information content (AvgIpc) is 2.50. The number of amides is 1. The Balaban J connectivity index is 5.38. The van der Waals surface area contributed by atoms with E-state index in [4.69, 9.17) is 14.7 Å². The van der Waals surface area contributed by atoms with Gasteiger partial charge in [0.2, 0.25) is 5.91 Å². The average molecular weight is 482 g/mol. The van der Waals surface area contributed by atoms with Gasteiger partial charge in [-0.3, -0.25) is 9.59 Å². The van der Waals surface area contributed by atoms with Gasteiger partial charge in [-0.15, -0.1) is 0 Å². The molecule has 0 bridgehead atoms. The fourth-order valence-electron chi connectivity index (χ4n) is 1.74. The molecule has 0 aliphatic rings. The molecule has 8 nitrogen and oxygen atoms in total. The highest BCUT2D eigenvalue weighted by atomic mass is 127. The van der Waals surface area contributed by atoms with Crippen LogP contribution in [-0.4, -0.2) is 46.0 Å². The highest BCUT2D eigenvalue weighted by molar-refractivity contribution is 14.1. The lowest BCUT2D eigenvalue weighted by molar-refractivity contribution is -0.144. The van der Waals surface area contributed by atoms with Crippen molar-refractivity contribution < 1.29 is 18.8 Å². The molecule has 2 atom stereocenters. The van der Waals surface area contributed by atoms with Crippen LogP contribution in [0.1, 0.15) is 27.2 Å². The summed E-state index contributed by atoms with van der Waals surface area (Å²) >= 11 is 1.95. The summed E-state index contributed by atoms with van der Waals surface area (Å²) < 4.78 is 12.6. The molecular formula is C15H27IN4O4Si. The molecule has 0 saturated carbocycles. The molecule has 0 aromatic heterocycles. The first-order valence-electron chi connectivity index (χ1n) is 7.84. The molecule has 10 heteroatoms. The van der Waals surface area contributed by atoms with Gasteiger partial charge >= 0.3 is 5.97 Å².